The van der Waals surface area contributed by atoms with Crippen molar-refractivity contribution >= 4 is 28.2 Å². The largest absolute Gasteiger partial charge is 0.491 e. The molecule has 0 saturated carbocycles. The lowest BCUT2D eigenvalue weighted by atomic mass is 9.91. The summed E-state index contributed by atoms with van der Waals surface area (Å²) >= 11 is 1.43. The van der Waals surface area contributed by atoms with E-state index in [-0.39, 0.29) is 17.9 Å². The lowest BCUT2D eigenvalue weighted by molar-refractivity contribution is -0.116. The van der Waals surface area contributed by atoms with Crippen LogP contribution in [0.2, 0.25) is 0 Å². The number of amides is 1. The minimum Gasteiger partial charge on any atom is -0.491 e. The molecule has 6 heteroatoms. The second-order valence-corrected chi connectivity index (χ2v) is 6.37. The van der Waals surface area contributed by atoms with Gasteiger partial charge >= 0.3 is 0 Å². The van der Waals surface area contributed by atoms with Gasteiger partial charge in [0.1, 0.15) is 11.6 Å². The third-order valence-corrected chi connectivity index (χ3v) is 4.29. The number of hydrogen-bond acceptors (Lipinski definition) is 5. The molecule has 0 bridgehead atoms. The van der Waals surface area contributed by atoms with Gasteiger partial charge in [-0.05, 0) is 31.5 Å². The van der Waals surface area contributed by atoms with Crippen LogP contribution >= 0.6 is 11.3 Å². The molecule has 0 radical (unpaired) electrons. The molecule has 1 aliphatic rings. The van der Waals surface area contributed by atoms with Crippen molar-refractivity contribution in [2.45, 2.75) is 32.3 Å². The summed E-state index contributed by atoms with van der Waals surface area (Å²) in [7, 11) is 0. The Bertz CT molecular complexity index is 664. The molecule has 21 heavy (non-hydrogen) atoms. The first-order chi connectivity index (χ1) is 10.0. The van der Waals surface area contributed by atoms with Gasteiger partial charge in [0.25, 0.3) is 0 Å². The Labute approximate surface area is 127 Å². The van der Waals surface area contributed by atoms with Crippen LogP contribution in [0.5, 0.6) is 5.75 Å². The summed E-state index contributed by atoms with van der Waals surface area (Å²) in [5, 5.41) is 3.25. The summed E-state index contributed by atoms with van der Waals surface area (Å²) in [6.45, 7) is 3.98. The Morgan fingerprint density at radius 2 is 2.10 bits per heavy atom. The molecule has 0 saturated heterocycles. The van der Waals surface area contributed by atoms with Crippen molar-refractivity contribution in [3.63, 3.8) is 0 Å². The van der Waals surface area contributed by atoms with Gasteiger partial charge in [-0.25, -0.2) is 4.98 Å². The third-order valence-electron chi connectivity index (χ3n) is 3.29. The molecule has 1 atom stereocenters. The quantitative estimate of drug-likeness (QED) is 0.914. The average molecular weight is 303 g/mol. The zero-order valence-corrected chi connectivity index (χ0v) is 12.7. The van der Waals surface area contributed by atoms with Crippen LogP contribution in [0.4, 0.5) is 10.9 Å². The fraction of sp³-hybridized carbons (Fsp3) is 0.333. The number of nitrogens with one attached hydrogen (secondary N) is 1. The summed E-state index contributed by atoms with van der Waals surface area (Å²) in [5.74, 6) is 1.41. The predicted octanol–water partition coefficient (Wildman–Crippen LogP) is 2.99. The van der Waals surface area contributed by atoms with Crippen LogP contribution in [0.15, 0.2) is 24.3 Å². The highest BCUT2D eigenvalue weighted by atomic mass is 32.1. The smallest absolute Gasteiger partial charge is 0.226 e. The van der Waals surface area contributed by atoms with E-state index in [9.17, 15) is 4.79 Å². The number of thiazole rings is 1. The number of aromatic nitrogens is 1. The Morgan fingerprint density at radius 1 is 1.38 bits per heavy atom. The van der Waals surface area contributed by atoms with Gasteiger partial charge in [-0.2, -0.15) is 0 Å². The average Bonchev–Trinajstić information content (AvgIpc) is 2.78. The monoisotopic (exact) mass is 303 g/mol. The van der Waals surface area contributed by atoms with Gasteiger partial charge in [0.05, 0.1) is 11.0 Å². The van der Waals surface area contributed by atoms with Gasteiger partial charge in [0, 0.05) is 12.3 Å². The van der Waals surface area contributed by atoms with E-state index in [1.54, 1.807) is 0 Å². The number of carbonyl (C=O) groups is 1. The highest BCUT2D eigenvalue weighted by Crippen LogP contribution is 2.41. The molecule has 0 unspecified atom stereocenters. The first kappa shape index (κ1) is 13.9. The lowest BCUT2D eigenvalue weighted by Crippen LogP contribution is -2.22. The first-order valence-corrected chi connectivity index (χ1v) is 7.67. The zero-order chi connectivity index (χ0) is 15.0. The summed E-state index contributed by atoms with van der Waals surface area (Å²) in [5.41, 5.74) is 6.83. The molecule has 2 aromatic rings. The van der Waals surface area contributed by atoms with Crippen LogP contribution in [0.3, 0.4) is 0 Å². The number of hydrogen-bond donors (Lipinski definition) is 2. The predicted molar refractivity (Wildman–Crippen MR) is 83.8 cm³/mol. The number of carbonyl (C=O) groups excluding carboxylic acids is 1. The lowest BCUT2D eigenvalue weighted by Gasteiger charge is -2.22. The molecule has 2 heterocycles. The zero-order valence-electron chi connectivity index (χ0n) is 11.9. The van der Waals surface area contributed by atoms with Gasteiger partial charge < -0.3 is 15.8 Å². The molecule has 1 aliphatic heterocycles. The van der Waals surface area contributed by atoms with Crippen molar-refractivity contribution in [2.75, 3.05) is 11.1 Å². The Hall–Kier alpha value is -2.08. The number of fused-ring (bicyclic) bond motifs is 1. The summed E-state index contributed by atoms with van der Waals surface area (Å²) in [6.07, 6.45) is 0.558. The van der Waals surface area contributed by atoms with Gasteiger partial charge in [-0.3, -0.25) is 4.79 Å². The van der Waals surface area contributed by atoms with E-state index in [1.165, 1.54) is 11.3 Å². The normalized spacial score (nSPS) is 17.5. The van der Waals surface area contributed by atoms with E-state index in [0.717, 1.165) is 16.2 Å². The molecule has 110 valence electrons. The van der Waals surface area contributed by atoms with Crippen molar-refractivity contribution in [3.8, 4) is 5.75 Å². The highest BCUT2D eigenvalue weighted by molar-refractivity contribution is 7.16. The topological polar surface area (TPSA) is 77.2 Å². The van der Waals surface area contributed by atoms with Crippen LogP contribution < -0.4 is 15.8 Å². The highest BCUT2D eigenvalue weighted by Gasteiger charge is 2.29. The van der Waals surface area contributed by atoms with E-state index in [0.29, 0.717) is 17.4 Å². The van der Waals surface area contributed by atoms with Gasteiger partial charge in [0.2, 0.25) is 5.91 Å². The Morgan fingerprint density at radius 3 is 2.76 bits per heavy atom. The number of anilines is 2. The van der Waals surface area contributed by atoms with Crippen molar-refractivity contribution in [2.24, 2.45) is 0 Å². The maximum Gasteiger partial charge on any atom is 0.226 e. The van der Waals surface area contributed by atoms with E-state index in [2.05, 4.69) is 10.3 Å². The van der Waals surface area contributed by atoms with Crippen molar-refractivity contribution in [1.82, 2.24) is 4.98 Å². The van der Waals surface area contributed by atoms with Crippen LogP contribution in [-0.2, 0) is 4.79 Å². The molecular weight excluding hydrogens is 286 g/mol. The fourth-order valence-corrected chi connectivity index (χ4v) is 3.37. The minimum absolute atomic E-state index is 0.0108. The maximum absolute atomic E-state index is 11.8. The molecule has 0 spiro atoms. The molecule has 1 amide bonds. The molecular formula is C15H17N3O2S. The second kappa shape index (κ2) is 5.37. The summed E-state index contributed by atoms with van der Waals surface area (Å²) < 4.78 is 5.64. The molecule has 1 aromatic heterocycles. The Kier molecular flexibility index (Phi) is 3.55. The maximum atomic E-state index is 11.8. The first-order valence-electron chi connectivity index (χ1n) is 6.85. The van der Waals surface area contributed by atoms with E-state index < -0.39 is 0 Å². The number of benzene rings is 1. The van der Waals surface area contributed by atoms with Crippen molar-refractivity contribution < 1.29 is 9.53 Å². The summed E-state index contributed by atoms with van der Waals surface area (Å²) in [4.78, 5) is 17.0. The third kappa shape index (κ3) is 2.85. The van der Waals surface area contributed by atoms with Gasteiger partial charge in [-0.15, -0.1) is 0 Å². The molecule has 0 aliphatic carbocycles. The fourth-order valence-electron chi connectivity index (χ4n) is 2.46. The molecule has 3 rings (SSSR count). The molecule has 0 fully saturated rings. The number of nitrogens with two attached hydrogens (primary N) is 1. The molecule has 5 nitrogen and oxygen atoms in total. The van der Waals surface area contributed by atoms with E-state index in [4.69, 9.17) is 10.5 Å². The Balaban J connectivity index is 1.91. The number of ether oxygens (including phenoxy) is 1. The van der Waals surface area contributed by atoms with Crippen LogP contribution in [-0.4, -0.2) is 17.0 Å². The number of nitrogens with zero attached hydrogens (tertiary/aromatic N) is 1. The van der Waals surface area contributed by atoms with E-state index in [1.807, 2.05) is 38.1 Å². The molecule has 3 N–H and O–H groups in total. The number of nitrogen functional groups attached to an aromatic ring is 1. The second-order valence-electron chi connectivity index (χ2n) is 5.31. The van der Waals surface area contributed by atoms with Gasteiger partial charge in [-0.1, -0.05) is 23.5 Å². The van der Waals surface area contributed by atoms with Crippen molar-refractivity contribution in [1.29, 1.82) is 0 Å². The molecule has 1 aromatic carbocycles. The SMILES string of the molecule is CC(C)Oc1ccc([C@H]2CC(=O)Nc3nc(N)sc32)cc1. The van der Waals surface area contributed by atoms with Crippen LogP contribution in [0.25, 0.3) is 0 Å². The number of rotatable bonds is 3. The van der Waals surface area contributed by atoms with Gasteiger partial charge in [0.15, 0.2) is 5.13 Å². The minimum atomic E-state index is -0.0275. The van der Waals surface area contributed by atoms with Crippen LogP contribution in [0, 0.1) is 0 Å². The summed E-state index contributed by atoms with van der Waals surface area (Å²) in [6, 6.07) is 7.87. The van der Waals surface area contributed by atoms with Crippen molar-refractivity contribution in [3.05, 3.63) is 34.7 Å². The van der Waals surface area contributed by atoms with E-state index >= 15 is 0 Å². The standard InChI is InChI=1S/C15H17N3O2S/c1-8(2)20-10-5-3-9(4-6-10)11-7-12(19)17-14-13(11)21-15(16)18-14/h3-6,8,11H,7H2,1-2H3,(H2,16,18)(H,17,19)/t11-/m1/s1. The van der Waals surface area contributed by atoms with Crippen LogP contribution in [0.1, 0.15) is 36.6 Å².